The van der Waals surface area contributed by atoms with E-state index in [1.165, 1.54) is 16.9 Å². The van der Waals surface area contributed by atoms with Crippen LogP contribution in [0.2, 0.25) is 0 Å². The average molecular weight is 358 g/mol. The molecular weight excluding hydrogens is 349 g/mol. The van der Waals surface area contributed by atoms with Crippen molar-refractivity contribution in [2.75, 3.05) is 6.26 Å². The third-order valence-electron chi connectivity index (χ3n) is 3.03. The topological polar surface area (TPSA) is 93.0 Å². The SMILES string of the molecule is CSc1cc2[nH]c(-n3cc(C(=O)O)cn3)nc2cc1OC(F)(F)F. The van der Waals surface area contributed by atoms with Crippen molar-refractivity contribution >= 4 is 28.8 Å². The number of nitrogens with zero attached hydrogens (tertiary/aromatic N) is 3. The molecule has 0 unspecified atom stereocenters. The van der Waals surface area contributed by atoms with E-state index >= 15 is 0 Å². The second-order valence-corrected chi connectivity index (χ2v) is 5.46. The quantitative estimate of drug-likeness (QED) is 0.697. The first-order valence-electron chi connectivity index (χ1n) is 6.38. The Morgan fingerprint density at radius 3 is 2.75 bits per heavy atom. The van der Waals surface area contributed by atoms with Gasteiger partial charge in [0.25, 0.3) is 0 Å². The predicted molar refractivity (Wildman–Crippen MR) is 78.6 cm³/mol. The molecule has 2 aromatic heterocycles. The molecular formula is C13H9F3N4O3S. The molecule has 0 bridgehead atoms. The molecule has 1 aromatic carbocycles. The standard InChI is InChI=1S/C13H9F3N4O3S/c1-24-10-3-8-7(2-9(10)23-13(14,15)16)18-12(19-8)20-5-6(4-17-20)11(21)22/h2-5H,1H3,(H,18,19)(H,21,22). The minimum atomic E-state index is -4.81. The van der Waals surface area contributed by atoms with Crippen molar-refractivity contribution < 1.29 is 27.8 Å². The van der Waals surface area contributed by atoms with Crippen LogP contribution in [-0.4, -0.2) is 43.4 Å². The van der Waals surface area contributed by atoms with Gasteiger partial charge in [-0.15, -0.1) is 24.9 Å². The third kappa shape index (κ3) is 3.15. The van der Waals surface area contributed by atoms with E-state index in [1.54, 1.807) is 6.26 Å². The fourth-order valence-corrected chi connectivity index (χ4v) is 2.56. The van der Waals surface area contributed by atoms with E-state index in [2.05, 4.69) is 19.8 Å². The lowest BCUT2D eigenvalue weighted by Gasteiger charge is -2.11. The lowest BCUT2D eigenvalue weighted by Crippen LogP contribution is -2.17. The number of alkyl halides is 3. The molecule has 0 atom stereocenters. The van der Waals surface area contributed by atoms with Crippen molar-refractivity contribution in [3.05, 3.63) is 30.1 Å². The zero-order valence-electron chi connectivity index (χ0n) is 12.0. The Kier molecular flexibility index (Phi) is 3.87. The Hall–Kier alpha value is -2.69. The summed E-state index contributed by atoms with van der Waals surface area (Å²) in [7, 11) is 0. The van der Waals surface area contributed by atoms with Crippen LogP contribution in [0, 0.1) is 0 Å². The van der Waals surface area contributed by atoms with Crippen molar-refractivity contribution in [3.63, 3.8) is 0 Å². The number of carboxylic acid groups (broad SMARTS) is 1. The first-order valence-corrected chi connectivity index (χ1v) is 7.61. The summed E-state index contributed by atoms with van der Waals surface area (Å²) in [6.07, 6.45) is -0.812. The van der Waals surface area contributed by atoms with Crippen LogP contribution in [0.4, 0.5) is 13.2 Å². The molecule has 0 aliphatic carbocycles. The number of aromatic carboxylic acids is 1. The van der Waals surface area contributed by atoms with Crippen molar-refractivity contribution in [2.24, 2.45) is 0 Å². The molecule has 0 spiro atoms. The number of aromatic nitrogens is 4. The van der Waals surface area contributed by atoms with Crippen molar-refractivity contribution in [3.8, 4) is 11.7 Å². The van der Waals surface area contributed by atoms with Gasteiger partial charge in [0, 0.05) is 12.3 Å². The highest BCUT2D eigenvalue weighted by Gasteiger charge is 2.32. The summed E-state index contributed by atoms with van der Waals surface area (Å²) in [5.74, 6) is -1.33. The minimum absolute atomic E-state index is 0.0404. The Labute approximate surface area is 136 Å². The molecule has 0 saturated heterocycles. The monoisotopic (exact) mass is 358 g/mol. The molecule has 0 amide bonds. The molecule has 11 heteroatoms. The van der Waals surface area contributed by atoms with E-state index < -0.39 is 12.3 Å². The average Bonchev–Trinajstić information content (AvgIpc) is 3.10. The number of carbonyl (C=O) groups is 1. The van der Waals surface area contributed by atoms with E-state index in [0.717, 1.165) is 24.0 Å². The smallest absolute Gasteiger partial charge is 0.478 e. The van der Waals surface area contributed by atoms with Gasteiger partial charge in [0.15, 0.2) is 0 Å². The summed E-state index contributed by atoms with van der Waals surface area (Å²) in [6.45, 7) is 0. The third-order valence-corrected chi connectivity index (χ3v) is 3.79. The highest BCUT2D eigenvalue weighted by Crippen LogP contribution is 2.35. The number of carboxylic acids is 1. The van der Waals surface area contributed by atoms with Gasteiger partial charge in [-0.3, -0.25) is 0 Å². The van der Waals surface area contributed by atoms with Crippen LogP contribution in [0.25, 0.3) is 17.0 Å². The Balaban J connectivity index is 2.05. The van der Waals surface area contributed by atoms with Crippen LogP contribution >= 0.6 is 11.8 Å². The summed E-state index contributed by atoms with van der Waals surface area (Å²) < 4.78 is 42.6. The van der Waals surface area contributed by atoms with Crippen LogP contribution in [0.3, 0.4) is 0 Å². The highest BCUT2D eigenvalue weighted by atomic mass is 32.2. The number of nitrogens with one attached hydrogen (secondary N) is 1. The second kappa shape index (κ2) is 5.74. The molecule has 0 saturated carbocycles. The number of imidazole rings is 1. The van der Waals surface area contributed by atoms with Gasteiger partial charge >= 0.3 is 12.3 Å². The fraction of sp³-hybridized carbons (Fsp3) is 0.154. The molecule has 7 nitrogen and oxygen atoms in total. The number of halogens is 3. The summed E-state index contributed by atoms with van der Waals surface area (Å²) >= 11 is 1.09. The summed E-state index contributed by atoms with van der Waals surface area (Å²) in [6, 6.07) is 2.63. The van der Waals surface area contributed by atoms with Crippen molar-refractivity contribution in [1.29, 1.82) is 0 Å². The van der Waals surface area contributed by atoms with Gasteiger partial charge in [0.1, 0.15) is 5.75 Å². The summed E-state index contributed by atoms with van der Waals surface area (Å²) in [5, 5.41) is 12.7. The van der Waals surface area contributed by atoms with Crippen LogP contribution in [0.5, 0.6) is 5.75 Å². The molecule has 0 aliphatic rings. The van der Waals surface area contributed by atoms with Gasteiger partial charge in [-0.25, -0.2) is 14.5 Å². The van der Waals surface area contributed by atoms with Crippen molar-refractivity contribution in [2.45, 2.75) is 11.3 Å². The number of H-pyrrole nitrogens is 1. The second-order valence-electron chi connectivity index (χ2n) is 4.61. The Morgan fingerprint density at radius 2 is 2.17 bits per heavy atom. The lowest BCUT2D eigenvalue weighted by molar-refractivity contribution is -0.275. The number of rotatable bonds is 4. The van der Waals surface area contributed by atoms with Crippen LogP contribution < -0.4 is 4.74 Å². The molecule has 24 heavy (non-hydrogen) atoms. The molecule has 3 aromatic rings. The Bertz CT molecular complexity index is 919. The highest BCUT2D eigenvalue weighted by molar-refractivity contribution is 7.98. The van der Waals surface area contributed by atoms with Gasteiger partial charge < -0.3 is 14.8 Å². The summed E-state index contributed by atoms with van der Waals surface area (Å²) in [5.41, 5.74) is 0.659. The molecule has 3 rings (SSSR count). The maximum atomic E-state index is 12.5. The number of hydrogen-bond acceptors (Lipinski definition) is 5. The molecule has 0 radical (unpaired) electrons. The van der Waals surface area contributed by atoms with Gasteiger partial charge in [-0.2, -0.15) is 5.10 Å². The van der Waals surface area contributed by atoms with E-state index in [0.29, 0.717) is 5.52 Å². The van der Waals surface area contributed by atoms with Crippen LogP contribution in [0.1, 0.15) is 10.4 Å². The molecule has 0 aliphatic heterocycles. The molecule has 2 heterocycles. The first-order chi connectivity index (χ1) is 11.3. The fourth-order valence-electron chi connectivity index (χ4n) is 2.03. The van der Waals surface area contributed by atoms with Crippen molar-refractivity contribution in [1.82, 2.24) is 19.7 Å². The largest absolute Gasteiger partial charge is 0.573 e. The molecule has 126 valence electrons. The maximum Gasteiger partial charge on any atom is 0.573 e. The van der Waals surface area contributed by atoms with Crippen LogP contribution in [-0.2, 0) is 0 Å². The summed E-state index contributed by atoms with van der Waals surface area (Å²) in [4.78, 5) is 18.1. The number of benzene rings is 1. The zero-order valence-corrected chi connectivity index (χ0v) is 12.8. The predicted octanol–water partition coefficient (Wildman–Crippen LogP) is 3.07. The number of ether oxygens (including phenoxy) is 1. The van der Waals surface area contributed by atoms with Gasteiger partial charge in [-0.05, 0) is 12.3 Å². The molecule has 2 N–H and O–H groups in total. The van der Waals surface area contributed by atoms with E-state index in [9.17, 15) is 18.0 Å². The van der Waals surface area contributed by atoms with Crippen LogP contribution in [0.15, 0.2) is 29.4 Å². The number of fused-ring (bicyclic) bond motifs is 1. The maximum absolute atomic E-state index is 12.5. The molecule has 0 fully saturated rings. The number of hydrogen-bond donors (Lipinski definition) is 2. The lowest BCUT2D eigenvalue weighted by atomic mass is 10.3. The zero-order chi connectivity index (χ0) is 17.5. The van der Waals surface area contributed by atoms with E-state index in [-0.39, 0.29) is 27.7 Å². The van der Waals surface area contributed by atoms with Gasteiger partial charge in [0.05, 0.1) is 27.7 Å². The van der Waals surface area contributed by atoms with Gasteiger partial charge in [-0.1, -0.05) is 0 Å². The number of thioether (sulfide) groups is 1. The van der Waals surface area contributed by atoms with E-state index in [4.69, 9.17) is 5.11 Å². The van der Waals surface area contributed by atoms with E-state index in [1.807, 2.05) is 0 Å². The Morgan fingerprint density at radius 1 is 1.42 bits per heavy atom. The minimum Gasteiger partial charge on any atom is -0.478 e. The normalized spacial score (nSPS) is 11.8. The first kappa shape index (κ1) is 16.2. The van der Waals surface area contributed by atoms with Gasteiger partial charge in [0.2, 0.25) is 5.95 Å². The number of aromatic amines is 1.